The van der Waals surface area contributed by atoms with Crippen molar-refractivity contribution < 1.29 is 0 Å². The van der Waals surface area contributed by atoms with Crippen LogP contribution >= 0.6 is 11.3 Å². The van der Waals surface area contributed by atoms with Crippen LogP contribution in [0.15, 0.2) is 29.6 Å². The first-order valence-electron chi connectivity index (χ1n) is 7.26. The van der Waals surface area contributed by atoms with Crippen molar-refractivity contribution in [2.24, 2.45) is 17.1 Å². The predicted octanol–water partition coefficient (Wildman–Crippen LogP) is 4.60. The summed E-state index contributed by atoms with van der Waals surface area (Å²) in [5.41, 5.74) is 8.33. The van der Waals surface area contributed by atoms with E-state index in [2.05, 4.69) is 43.5 Å². The van der Waals surface area contributed by atoms with Crippen LogP contribution in [-0.2, 0) is 6.42 Å². The molecule has 2 unspecified atom stereocenters. The number of fused-ring (bicyclic) bond motifs is 1. The van der Waals surface area contributed by atoms with Gasteiger partial charge in [0.2, 0.25) is 0 Å². The van der Waals surface area contributed by atoms with Gasteiger partial charge in [-0.2, -0.15) is 0 Å². The van der Waals surface area contributed by atoms with Crippen molar-refractivity contribution in [3.63, 3.8) is 0 Å². The van der Waals surface area contributed by atoms with Gasteiger partial charge in [0, 0.05) is 10.7 Å². The van der Waals surface area contributed by atoms with Gasteiger partial charge in [0.05, 0.1) is 0 Å². The van der Waals surface area contributed by atoms with Crippen LogP contribution in [0.25, 0.3) is 10.1 Å². The SMILES string of the molecule is CC1(C)CCC(N)C(Cc2csc3ccccc23)C1. The molecule has 1 aliphatic rings. The summed E-state index contributed by atoms with van der Waals surface area (Å²) in [6, 6.07) is 9.11. The van der Waals surface area contributed by atoms with Crippen LogP contribution < -0.4 is 5.73 Å². The Bertz CT molecular complexity index is 569. The molecule has 0 amide bonds. The van der Waals surface area contributed by atoms with E-state index in [1.807, 2.05) is 11.3 Å². The number of thiophene rings is 1. The lowest BCUT2D eigenvalue weighted by molar-refractivity contribution is 0.157. The van der Waals surface area contributed by atoms with E-state index >= 15 is 0 Å². The number of hydrogen-bond acceptors (Lipinski definition) is 2. The Kier molecular flexibility index (Phi) is 3.40. The molecule has 0 saturated heterocycles. The highest BCUT2D eigenvalue weighted by Crippen LogP contribution is 2.40. The minimum atomic E-state index is 0.381. The van der Waals surface area contributed by atoms with Crippen molar-refractivity contribution >= 4 is 21.4 Å². The van der Waals surface area contributed by atoms with Crippen LogP contribution in [0.3, 0.4) is 0 Å². The molecule has 1 fully saturated rings. The summed E-state index contributed by atoms with van der Waals surface area (Å²) in [6.45, 7) is 4.77. The predicted molar refractivity (Wildman–Crippen MR) is 84.6 cm³/mol. The first-order chi connectivity index (χ1) is 9.05. The van der Waals surface area contributed by atoms with E-state index in [9.17, 15) is 0 Å². The molecular weight excluding hydrogens is 250 g/mol. The molecule has 102 valence electrons. The van der Waals surface area contributed by atoms with E-state index in [-0.39, 0.29) is 0 Å². The van der Waals surface area contributed by atoms with Crippen LogP contribution in [0.4, 0.5) is 0 Å². The van der Waals surface area contributed by atoms with Crippen molar-refractivity contribution in [2.75, 3.05) is 0 Å². The molecule has 0 bridgehead atoms. The molecule has 1 aromatic heterocycles. The first-order valence-corrected chi connectivity index (χ1v) is 8.14. The van der Waals surface area contributed by atoms with Gasteiger partial charge < -0.3 is 5.73 Å². The second-order valence-corrected chi connectivity index (χ2v) is 7.70. The molecular formula is C17H23NS. The quantitative estimate of drug-likeness (QED) is 0.850. The Morgan fingerprint density at radius 3 is 2.95 bits per heavy atom. The lowest BCUT2D eigenvalue weighted by atomic mass is 9.68. The molecule has 0 aliphatic heterocycles. The van der Waals surface area contributed by atoms with E-state index in [1.165, 1.54) is 34.9 Å². The topological polar surface area (TPSA) is 26.0 Å². The van der Waals surface area contributed by atoms with E-state index in [1.54, 1.807) is 0 Å². The average Bonchev–Trinajstić information content (AvgIpc) is 2.77. The van der Waals surface area contributed by atoms with Crippen LogP contribution in [-0.4, -0.2) is 6.04 Å². The molecule has 1 heterocycles. The number of nitrogens with two attached hydrogens (primary N) is 1. The monoisotopic (exact) mass is 273 g/mol. The third kappa shape index (κ3) is 2.70. The molecule has 2 N–H and O–H groups in total. The summed E-state index contributed by atoms with van der Waals surface area (Å²) in [6.07, 6.45) is 4.86. The zero-order valence-electron chi connectivity index (χ0n) is 11.9. The van der Waals surface area contributed by atoms with Gasteiger partial charge in [-0.05, 0) is 59.4 Å². The van der Waals surface area contributed by atoms with Gasteiger partial charge in [0.1, 0.15) is 0 Å². The highest BCUT2D eigenvalue weighted by molar-refractivity contribution is 7.17. The Balaban J connectivity index is 1.84. The van der Waals surface area contributed by atoms with Gasteiger partial charge >= 0.3 is 0 Å². The Morgan fingerprint density at radius 2 is 2.11 bits per heavy atom. The smallest absolute Gasteiger partial charge is 0.0345 e. The van der Waals surface area contributed by atoms with E-state index < -0.39 is 0 Å². The van der Waals surface area contributed by atoms with Gasteiger partial charge in [0.15, 0.2) is 0 Å². The number of benzene rings is 1. The highest BCUT2D eigenvalue weighted by Gasteiger charge is 2.33. The molecule has 1 aromatic carbocycles. The third-order valence-corrected chi connectivity index (χ3v) is 5.63. The van der Waals surface area contributed by atoms with Crippen LogP contribution in [0.5, 0.6) is 0 Å². The largest absolute Gasteiger partial charge is 0.327 e. The second-order valence-electron chi connectivity index (χ2n) is 6.79. The maximum atomic E-state index is 6.36. The van der Waals surface area contributed by atoms with Crippen LogP contribution in [0.2, 0.25) is 0 Å². The highest BCUT2D eigenvalue weighted by atomic mass is 32.1. The summed E-state index contributed by atoms with van der Waals surface area (Å²) < 4.78 is 1.40. The molecule has 3 rings (SSSR count). The Labute approximate surface area is 119 Å². The van der Waals surface area contributed by atoms with Crippen molar-refractivity contribution in [3.8, 4) is 0 Å². The van der Waals surface area contributed by atoms with Gasteiger partial charge in [-0.25, -0.2) is 0 Å². The normalized spacial score (nSPS) is 26.7. The molecule has 0 spiro atoms. The lowest BCUT2D eigenvalue weighted by Crippen LogP contribution is -2.40. The maximum Gasteiger partial charge on any atom is 0.0345 e. The van der Waals surface area contributed by atoms with Gasteiger partial charge in [-0.3, -0.25) is 0 Å². The summed E-state index contributed by atoms with van der Waals surface area (Å²) in [4.78, 5) is 0. The molecule has 1 aliphatic carbocycles. The molecule has 2 heteroatoms. The van der Waals surface area contributed by atoms with Crippen LogP contribution in [0.1, 0.15) is 38.7 Å². The number of rotatable bonds is 2. The fourth-order valence-corrected chi connectivity index (χ4v) is 4.43. The molecule has 2 atom stereocenters. The van der Waals surface area contributed by atoms with E-state index in [0.29, 0.717) is 17.4 Å². The first kappa shape index (κ1) is 13.1. The van der Waals surface area contributed by atoms with Gasteiger partial charge in [-0.15, -0.1) is 11.3 Å². The molecule has 2 aromatic rings. The Hall–Kier alpha value is -0.860. The molecule has 19 heavy (non-hydrogen) atoms. The zero-order valence-corrected chi connectivity index (χ0v) is 12.7. The standard InChI is InChI=1S/C17H23NS/c1-17(2)8-7-15(18)12(10-17)9-13-11-19-16-6-4-3-5-14(13)16/h3-6,11-12,15H,7-10,18H2,1-2H3. The second kappa shape index (κ2) is 4.92. The minimum Gasteiger partial charge on any atom is -0.327 e. The zero-order chi connectivity index (χ0) is 13.5. The van der Waals surface area contributed by atoms with Crippen LogP contribution in [0, 0.1) is 11.3 Å². The summed E-state index contributed by atoms with van der Waals surface area (Å²) in [5, 5.41) is 3.77. The maximum absolute atomic E-state index is 6.36. The average molecular weight is 273 g/mol. The van der Waals surface area contributed by atoms with Gasteiger partial charge in [-0.1, -0.05) is 32.0 Å². The third-order valence-electron chi connectivity index (χ3n) is 4.62. The molecule has 1 saturated carbocycles. The molecule has 0 radical (unpaired) electrons. The lowest BCUT2D eigenvalue weighted by Gasteiger charge is -2.39. The number of hydrogen-bond donors (Lipinski definition) is 1. The van der Waals surface area contributed by atoms with Gasteiger partial charge in [0.25, 0.3) is 0 Å². The minimum absolute atomic E-state index is 0.381. The summed E-state index contributed by atoms with van der Waals surface area (Å²) in [5.74, 6) is 0.641. The van der Waals surface area contributed by atoms with Crippen molar-refractivity contribution in [3.05, 3.63) is 35.2 Å². The van der Waals surface area contributed by atoms with E-state index in [4.69, 9.17) is 5.73 Å². The summed E-state index contributed by atoms with van der Waals surface area (Å²) in [7, 11) is 0. The van der Waals surface area contributed by atoms with Crippen molar-refractivity contribution in [1.29, 1.82) is 0 Å². The van der Waals surface area contributed by atoms with E-state index in [0.717, 1.165) is 6.42 Å². The fraction of sp³-hybridized carbons (Fsp3) is 0.529. The summed E-state index contributed by atoms with van der Waals surface area (Å²) >= 11 is 1.86. The fourth-order valence-electron chi connectivity index (χ4n) is 3.45. The Morgan fingerprint density at radius 1 is 1.32 bits per heavy atom. The van der Waals surface area contributed by atoms with Crippen molar-refractivity contribution in [1.82, 2.24) is 0 Å². The van der Waals surface area contributed by atoms with Crippen molar-refractivity contribution in [2.45, 2.75) is 45.6 Å². The molecule has 1 nitrogen and oxygen atoms in total.